The molecular weight excluding hydrogens is 636 g/mol. The van der Waals surface area contributed by atoms with Crippen molar-refractivity contribution in [1.29, 1.82) is 0 Å². The molecule has 5 aromatic heterocycles. The molecule has 0 spiro atoms. The van der Waals surface area contributed by atoms with Crippen LogP contribution < -0.4 is 20.9 Å². The number of H-pyrrole nitrogens is 3. The fourth-order valence-corrected chi connectivity index (χ4v) is 5.73. The minimum atomic E-state index is -0.00337. The monoisotopic (exact) mass is 678 g/mol. The third-order valence-electron chi connectivity index (χ3n) is 8.32. The molecule has 6 aromatic rings. The highest BCUT2D eigenvalue weighted by atomic mass is 16.2. The number of nitrogens with zero attached hydrogens (tertiary/aromatic N) is 11. The number of aromatic nitrogens is 11. The van der Waals surface area contributed by atoms with E-state index < -0.39 is 0 Å². The van der Waals surface area contributed by atoms with E-state index in [1.165, 1.54) is 11.1 Å². The lowest BCUT2D eigenvalue weighted by Crippen LogP contribution is -2.38. The summed E-state index contributed by atoms with van der Waals surface area (Å²) in [4.78, 5) is 27.8. The number of benzene rings is 1. The average Bonchev–Trinajstić information content (AvgIpc) is 3.96. The maximum absolute atomic E-state index is 13.0. The number of hydrogen-bond acceptors (Lipinski definition) is 12. The molecule has 0 bridgehead atoms. The highest BCUT2D eigenvalue weighted by Crippen LogP contribution is 2.29. The van der Waals surface area contributed by atoms with Crippen LogP contribution in [0.4, 0.5) is 23.4 Å². The summed E-state index contributed by atoms with van der Waals surface area (Å²) in [6, 6.07) is 12.4. The zero-order valence-electron chi connectivity index (χ0n) is 28.6. The van der Waals surface area contributed by atoms with Crippen LogP contribution in [0.5, 0.6) is 0 Å². The van der Waals surface area contributed by atoms with E-state index in [9.17, 15) is 4.79 Å². The predicted octanol–water partition coefficient (Wildman–Crippen LogP) is 2.16. The Morgan fingerprint density at radius 2 is 1.64 bits per heavy atom. The van der Waals surface area contributed by atoms with Gasteiger partial charge in [-0.1, -0.05) is 24.3 Å². The molecule has 260 valence electrons. The van der Waals surface area contributed by atoms with Crippen LogP contribution >= 0.6 is 0 Å². The van der Waals surface area contributed by atoms with Gasteiger partial charge in [-0.15, -0.1) is 0 Å². The number of carbonyl (C=O) groups is 1. The van der Waals surface area contributed by atoms with Crippen LogP contribution in [-0.2, 0) is 37.1 Å². The summed E-state index contributed by atoms with van der Waals surface area (Å²) < 4.78 is 1.69. The van der Waals surface area contributed by atoms with Crippen molar-refractivity contribution in [3.63, 3.8) is 0 Å². The molecule has 17 heteroatoms. The molecule has 1 aliphatic heterocycles. The van der Waals surface area contributed by atoms with Crippen LogP contribution in [0, 0.1) is 0 Å². The van der Waals surface area contributed by atoms with Crippen molar-refractivity contribution < 1.29 is 4.79 Å². The van der Waals surface area contributed by atoms with Crippen molar-refractivity contribution in [2.75, 3.05) is 55.6 Å². The van der Waals surface area contributed by atoms with Crippen molar-refractivity contribution in [2.24, 2.45) is 0 Å². The second-order valence-corrected chi connectivity index (χ2v) is 12.4. The van der Waals surface area contributed by atoms with Crippen molar-refractivity contribution >= 4 is 29.3 Å². The zero-order valence-corrected chi connectivity index (χ0v) is 28.6. The van der Waals surface area contributed by atoms with Gasteiger partial charge in [0.1, 0.15) is 23.9 Å². The van der Waals surface area contributed by atoms with Crippen LogP contribution in [0.25, 0.3) is 11.1 Å². The Labute approximate surface area is 289 Å². The number of fused-ring (bicyclic) bond motifs is 2. The van der Waals surface area contributed by atoms with E-state index in [0.717, 1.165) is 47.0 Å². The lowest BCUT2D eigenvalue weighted by molar-refractivity contribution is -0.133. The number of carbonyl (C=O) groups excluding carboxylic acids is 1. The molecule has 0 unspecified atom stereocenters. The van der Waals surface area contributed by atoms with Gasteiger partial charge in [0.15, 0.2) is 5.82 Å². The molecule has 0 saturated heterocycles. The molecule has 0 radical (unpaired) electrons. The fourth-order valence-electron chi connectivity index (χ4n) is 5.73. The third kappa shape index (κ3) is 8.23. The van der Waals surface area contributed by atoms with Gasteiger partial charge < -0.3 is 25.8 Å². The first-order chi connectivity index (χ1) is 24.2. The molecule has 1 aromatic carbocycles. The van der Waals surface area contributed by atoms with Gasteiger partial charge >= 0.3 is 0 Å². The van der Waals surface area contributed by atoms with Gasteiger partial charge in [0.25, 0.3) is 0 Å². The Morgan fingerprint density at radius 1 is 0.940 bits per heavy atom. The summed E-state index contributed by atoms with van der Waals surface area (Å²) in [6.07, 6.45) is 11.5. The van der Waals surface area contributed by atoms with Gasteiger partial charge in [0, 0.05) is 83.0 Å². The summed E-state index contributed by atoms with van der Waals surface area (Å²) in [6.45, 7) is 1.24. The first-order valence-electron chi connectivity index (χ1n) is 16.2. The summed E-state index contributed by atoms with van der Waals surface area (Å²) in [5, 5.41) is 31.7. The summed E-state index contributed by atoms with van der Waals surface area (Å²) >= 11 is 0. The number of hydrogen-bond donors (Lipinski definition) is 5. The van der Waals surface area contributed by atoms with E-state index in [4.69, 9.17) is 5.73 Å². The van der Waals surface area contributed by atoms with Gasteiger partial charge in [-0.2, -0.15) is 30.7 Å². The van der Waals surface area contributed by atoms with E-state index >= 15 is 0 Å². The van der Waals surface area contributed by atoms with E-state index in [1.54, 1.807) is 28.0 Å². The molecule has 8 rings (SSSR count). The maximum Gasteiger partial charge on any atom is 0.244 e. The van der Waals surface area contributed by atoms with Gasteiger partial charge in [0.2, 0.25) is 11.9 Å². The Hall–Kier alpha value is -6.26. The van der Waals surface area contributed by atoms with Crippen LogP contribution in [-0.4, -0.2) is 107 Å². The number of nitrogens with two attached hydrogens (primary N) is 1. The van der Waals surface area contributed by atoms with Crippen LogP contribution in [0.3, 0.4) is 0 Å². The lowest BCUT2D eigenvalue weighted by atomic mass is 10.1. The molecule has 6 heterocycles. The largest absolute Gasteiger partial charge is 0.384 e. The number of nitrogen functional groups attached to an aromatic ring is 1. The Bertz CT molecular complexity index is 1920. The molecular formula is C33H42N16O. The molecule has 50 heavy (non-hydrogen) atoms. The van der Waals surface area contributed by atoms with Crippen molar-refractivity contribution in [2.45, 2.75) is 38.4 Å². The highest BCUT2D eigenvalue weighted by molar-refractivity contribution is 5.78. The number of aromatic amines is 3. The van der Waals surface area contributed by atoms with E-state index in [0.29, 0.717) is 37.3 Å². The molecule has 0 atom stereocenters. The first kappa shape index (κ1) is 33.6. The Kier molecular flexibility index (Phi) is 10.3. The maximum atomic E-state index is 13.0. The molecule has 2 aliphatic rings. The van der Waals surface area contributed by atoms with Gasteiger partial charge in [-0.3, -0.25) is 19.7 Å². The van der Waals surface area contributed by atoms with Crippen molar-refractivity contribution in [3.8, 4) is 11.1 Å². The standard InChI is InChI=1S/C25H28N10O.C5H9N3.C3H5N3/c1-33(2)24-20(13-35(31-24)15-23(36)34-8-7-21-22(14-34)30-32-29-21)18-11-26-25(27-12-18)28-19-9-16-5-3-4-6-17(16)10-19;1-8(2)5-3-4-6-7-5;4-3-1-2-5-6-3/h3-6,11-13,19H,7-10,14-15H2,1-2H3,(H,26,27,28)(H,29,30,32);3-4H,1-2H3,(H,6,7);1-2H,(H3,4,5,6). The zero-order chi connectivity index (χ0) is 35.0. The SMILES string of the molecule is CN(C)c1ccn[nH]1.CN(C)c1nn(CC(=O)N2CCc3n[nH]nc3C2)cc1-c1cnc(NC2Cc3ccccc3C2)nc1.Nc1ccn[nH]1. The first-order valence-corrected chi connectivity index (χ1v) is 16.2. The molecule has 0 saturated carbocycles. The van der Waals surface area contributed by atoms with E-state index in [2.05, 4.69) is 80.5 Å². The molecule has 17 nitrogen and oxygen atoms in total. The van der Waals surface area contributed by atoms with E-state index in [-0.39, 0.29) is 12.5 Å². The summed E-state index contributed by atoms with van der Waals surface area (Å²) in [5.74, 6) is 3.01. The van der Waals surface area contributed by atoms with E-state index in [1.807, 2.05) is 62.6 Å². The van der Waals surface area contributed by atoms with Crippen molar-refractivity contribution in [3.05, 3.63) is 89.9 Å². The number of nitrogens with one attached hydrogen (secondary N) is 4. The van der Waals surface area contributed by atoms with Crippen LogP contribution in [0.2, 0.25) is 0 Å². The molecule has 6 N–H and O–H groups in total. The van der Waals surface area contributed by atoms with Crippen molar-refractivity contribution in [1.82, 2.24) is 60.5 Å². The highest BCUT2D eigenvalue weighted by Gasteiger charge is 2.25. The Balaban J connectivity index is 0.000000256. The predicted molar refractivity (Wildman–Crippen MR) is 190 cm³/mol. The fraction of sp³-hybridized carbons (Fsp3) is 0.333. The van der Waals surface area contributed by atoms with Crippen LogP contribution in [0.15, 0.2) is 67.4 Å². The van der Waals surface area contributed by atoms with Crippen LogP contribution in [0.1, 0.15) is 22.5 Å². The van der Waals surface area contributed by atoms with Gasteiger partial charge in [-0.25, -0.2) is 9.97 Å². The van der Waals surface area contributed by atoms with Gasteiger partial charge in [-0.05, 0) is 30.0 Å². The number of amides is 1. The normalized spacial score (nSPS) is 13.3. The lowest BCUT2D eigenvalue weighted by Gasteiger charge is -2.25. The minimum absolute atomic E-state index is 0.00337. The molecule has 0 fully saturated rings. The second kappa shape index (κ2) is 15.3. The Morgan fingerprint density at radius 3 is 2.22 bits per heavy atom. The minimum Gasteiger partial charge on any atom is -0.384 e. The topological polar surface area (TPSA) is 207 Å². The smallest absolute Gasteiger partial charge is 0.244 e. The third-order valence-corrected chi connectivity index (χ3v) is 8.32. The summed E-state index contributed by atoms with van der Waals surface area (Å²) in [5.41, 5.74) is 11.4. The second-order valence-electron chi connectivity index (χ2n) is 12.4. The quantitative estimate of drug-likeness (QED) is 0.165. The molecule has 1 amide bonds. The van der Waals surface area contributed by atoms with Gasteiger partial charge in [0.05, 0.1) is 24.6 Å². The summed E-state index contributed by atoms with van der Waals surface area (Å²) in [7, 11) is 7.80. The average molecular weight is 679 g/mol. The number of rotatable bonds is 7. The number of anilines is 4. The molecule has 1 aliphatic carbocycles.